The molecule has 0 unspecified atom stereocenters. The van der Waals surface area contributed by atoms with E-state index in [9.17, 15) is 9.59 Å². The summed E-state index contributed by atoms with van der Waals surface area (Å²) in [6, 6.07) is 17.5. The Labute approximate surface area is 248 Å². The van der Waals surface area contributed by atoms with E-state index >= 15 is 0 Å². The molecule has 2 aromatic heterocycles. The van der Waals surface area contributed by atoms with Gasteiger partial charge in [-0.05, 0) is 62.4 Å². The van der Waals surface area contributed by atoms with Crippen LogP contribution in [0.25, 0.3) is 22.2 Å². The van der Waals surface area contributed by atoms with E-state index in [1.165, 1.54) is 37.0 Å². The number of fused-ring (bicyclic) bond motifs is 2. The van der Waals surface area contributed by atoms with E-state index < -0.39 is 0 Å². The van der Waals surface area contributed by atoms with Crippen molar-refractivity contribution in [2.45, 2.75) is 71.1 Å². The lowest BCUT2D eigenvalue weighted by Crippen LogP contribution is -2.16. The van der Waals surface area contributed by atoms with Crippen molar-refractivity contribution in [2.75, 3.05) is 11.9 Å². The first-order valence-electron chi connectivity index (χ1n) is 14.3. The van der Waals surface area contributed by atoms with Crippen LogP contribution in [0.3, 0.4) is 0 Å². The van der Waals surface area contributed by atoms with Crippen LogP contribution in [0.1, 0.15) is 89.4 Å². The zero-order chi connectivity index (χ0) is 27.9. The SMILES string of the molecule is CCOC(=O)c1c(NC(=O)c2cc(-c3ccccc3)nc3ccc(Br)cc23)sc2c1CCCCCCCCCC2. The second kappa shape index (κ2) is 13.6. The quantitative estimate of drug-likeness (QED) is 0.226. The van der Waals surface area contributed by atoms with Gasteiger partial charge in [-0.3, -0.25) is 4.79 Å². The Morgan fingerprint density at radius 3 is 2.35 bits per heavy atom. The third-order valence-electron chi connectivity index (χ3n) is 7.46. The molecule has 0 aliphatic heterocycles. The normalized spacial score (nSPS) is 14.6. The molecule has 0 atom stereocenters. The average molecular weight is 620 g/mol. The minimum absolute atomic E-state index is 0.259. The van der Waals surface area contributed by atoms with Gasteiger partial charge in [0.15, 0.2) is 0 Å². The van der Waals surface area contributed by atoms with Crippen LogP contribution in [0.4, 0.5) is 5.00 Å². The summed E-state index contributed by atoms with van der Waals surface area (Å²) >= 11 is 5.09. The summed E-state index contributed by atoms with van der Waals surface area (Å²) in [5.41, 5.74) is 4.51. The molecule has 4 aromatic rings. The van der Waals surface area contributed by atoms with E-state index in [1.54, 1.807) is 11.3 Å². The van der Waals surface area contributed by atoms with Crippen LogP contribution in [0.2, 0.25) is 0 Å². The monoisotopic (exact) mass is 618 g/mol. The van der Waals surface area contributed by atoms with Gasteiger partial charge in [0.1, 0.15) is 5.00 Å². The molecule has 40 heavy (non-hydrogen) atoms. The molecule has 208 valence electrons. The fourth-order valence-corrected chi connectivity index (χ4v) is 7.08. The van der Waals surface area contributed by atoms with Crippen LogP contribution in [0.15, 0.2) is 59.1 Å². The molecule has 5 nitrogen and oxygen atoms in total. The third kappa shape index (κ3) is 6.64. The molecular weight excluding hydrogens is 584 g/mol. The van der Waals surface area contributed by atoms with Gasteiger partial charge >= 0.3 is 5.97 Å². The number of rotatable bonds is 5. The lowest BCUT2D eigenvalue weighted by Gasteiger charge is -2.12. The fourth-order valence-electron chi connectivity index (χ4n) is 5.45. The number of hydrogen-bond donors (Lipinski definition) is 1. The van der Waals surface area contributed by atoms with Crippen LogP contribution in [0, 0.1) is 0 Å². The maximum atomic E-state index is 14.0. The molecule has 1 aliphatic carbocycles. The topological polar surface area (TPSA) is 68.3 Å². The fraction of sp³-hybridized carbons (Fsp3) is 0.364. The Balaban J connectivity index is 1.56. The number of amides is 1. The highest BCUT2D eigenvalue weighted by atomic mass is 79.9. The average Bonchev–Trinajstić information content (AvgIpc) is 3.29. The largest absolute Gasteiger partial charge is 0.462 e. The molecule has 1 aliphatic rings. The Bertz CT molecular complexity index is 1500. The van der Waals surface area contributed by atoms with Crippen LogP contribution in [-0.4, -0.2) is 23.5 Å². The van der Waals surface area contributed by atoms with Crippen LogP contribution in [-0.2, 0) is 17.6 Å². The number of benzene rings is 2. The van der Waals surface area contributed by atoms with E-state index in [-0.39, 0.29) is 11.9 Å². The van der Waals surface area contributed by atoms with Gasteiger partial charge in [-0.1, -0.05) is 84.8 Å². The number of pyridine rings is 1. The second-order valence-corrected chi connectivity index (χ2v) is 12.3. The van der Waals surface area contributed by atoms with Crippen LogP contribution < -0.4 is 5.32 Å². The number of thiophene rings is 1. The standard InChI is InChI=1S/C33H35BrN2O3S/c1-2-39-33(38)30-24-16-12-7-5-3-4-6-8-13-17-29(24)40-32(30)36-31(37)26-21-28(22-14-10-9-11-15-22)35-27-19-18-23(34)20-25(26)27/h9-11,14-15,18-21H,2-8,12-13,16-17H2,1H3,(H,36,37). The van der Waals surface area contributed by atoms with Gasteiger partial charge in [-0.15, -0.1) is 11.3 Å². The van der Waals surface area contributed by atoms with Gasteiger partial charge in [0.05, 0.1) is 28.9 Å². The number of nitrogens with one attached hydrogen (secondary N) is 1. The summed E-state index contributed by atoms with van der Waals surface area (Å²) in [7, 11) is 0. The molecule has 0 spiro atoms. The number of carbonyl (C=O) groups excluding carboxylic acids is 2. The Morgan fingerprint density at radius 2 is 1.62 bits per heavy atom. The predicted molar refractivity (Wildman–Crippen MR) is 167 cm³/mol. The van der Waals surface area contributed by atoms with Crippen LogP contribution >= 0.6 is 27.3 Å². The van der Waals surface area contributed by atoms with Crippen molar-refractivity contribution < 1.29 is 14.3 Å². The molecular formula is C33H35BrN2O3S. The molecule has 0 saturated carbocycles. The first-order valence-corrected chi connectivity index (χ1v) is 15.9. The Morgan fingerprint density at radius 1 is 0.925 bits per heavy atom. The highest BCUT2D eigenvalue weighted by Gasteiger charge is 2.26. The number of anilines is 1. The summed E-state index contributed by atoms with van der Waals surface area (Å²) in [4.78, 5) is 33.4. The van der Waals surface area contributed by atoms with Crippen molar-refractivity contribution in [1.29, 1.82) is 0 Å². The number of ether oxygens (including phenoxy) is 1. The lowest BCUT2D eigenvalue weighted by atomic mass is 9.97. The minimum Gasteiger partial charge on any atom is -0.462 e. The highest BCUT2D eigenvalue weighted by molar-refractivity contribution is 9.10. The van der Waals surface area contributed by atoms with Crippen molar-refractivity contribution in [3.8, 4) is 11.3 Å². The van der Waals surface area contributed by atoms with Gasteiger partial charge in [0, 0.05) is 20.3 Å². The maximum absolute atomic E-state index is 14.0. The van der Waals surface area contributed by atoms with Crippen molar-refractivity contribution in [1.82, 2.24) is 4.98 Å². The number of aromatic nitrogens is 1. The molecule has 0 saturated heterocycles. The molecule has 7 heteroatoms. The zero-order valence-electron chi connectivity index (χ0n) is 22.9. The first kappa shape index (κ1) is 28.5. The van der Waals surface area contributed by atoms with E-state index in [1.807, 2.05) is 61.5 Å². The summed E-state index contributed by atoms with van der Waals surface area (Å²) < 4.78 is 6.39. The first-order chi connectivity index (χ1) is 19.5. The Kier molecular flexibility index (Phi) is 9.66. The van der Waals surface area contributed by atoms with Crippen LogP contribution in [0.5, 0.6) is 0 Å². The smallest absolute Gasteiger partial charge is 0.341 e. The molecule has 0 radical (unpaired) electrons. The van der Waals surface area contributed by atoms with Crippen molar-refractivity contribution >= 4 is 55.0 Å². The molecule has 0 bridgehead atoms. The lowest BCUT2D eigenvalue weighted by molar-refractivity contribution is 0.0526. The zero-order valence-corrected chi connectivity index (χ0v) is 25.3. The molecule has 0 fully saturated rings. The van der Waals surface area contributed by atoms with Crippen molar-refractivity contribution in [3.05, 3.63) is 80.6 Å². The number of esters is 1. The van der Waals surface area contributed by atoms with Gasteiger partial charge in [-0.25, -0.2) is 9.78 Å². The van der Waals surface area contributed by atoms with Crippen molar-refractivity contribution in [2.24, 2.45) is 0 Å². The number of aryl methyl sites for hydroxylation is 1. The van der Waals surface area contributed by atoms with E-state index in [4.69, 9.17) is 9.72 Å². The van der Waals surface area contributed by atoms with Gasteiger partial charge < -0.3 is 10.1 Å². The number of nitrogens with zero attached hydrogens (tertiary/aromatic N) is 1. The highest BCUT2D eigenvalue weighted by Crippen LogP contribution is 2.38. The van der Waals surface area contributed by atoms with Gasteiger partial charge in [0.2, 0.25) is 0 Å². The maximum Gasteiger partial charge on any atom is 0.341 e. The van der Waals surface area contributed by atoms with Gasteiger partial charge in [-0.2, -0.15) is 0 Å². The molecule has 5 rings (SSSR count). The predicted octanol–water partition coefficient (Wildman–Crippen LogP) is 9.37. The number of carbonyl (C=O) groups is 2. The van der Waals surface area contributed by atoms with Crippen molar-refractivity contribution in [3.63, 3.8) is 0 Å². The molecule has 2 heterocycles. The Hall–Kier alpha value is -3.03. The van der Waals surface area contributed by atoms with E-state index in [0.29, 0.717) is 22.7 Å². The summed E-state index contributed by atoms with van der Waals surface area (Å²) in [5, 5.41) is 4.48. The number of hydrogen-bond acceptors (Lipinski definition) is 5. The third-order valence-corrected chi connectivity index (χ3v) is 9.16. The summed E-state index contributed by atoms with van der Waals surface area (Å²) in [5.74, 6) is -0.611. The minimum atomic E-state index is -0.352. The summed E-state index contributed by atoms with van der Waals surface area (Å²) in [6.45, 7) is 2.11. The molecule has 2 aromatic carbocycles. The summed E-state index contributed by atoms with van der Waals surface area (Å²) in [6.07, 6.45) is 11.3. The van der Waals surface area contributed by atoms with E-state index in [0.717, 1.165) is 64.3 Å². The molecule has 1 N–H and O–H groups in total. The molecule has 1 amide bonds. The second-order valence-electron chi connectivity index (χ2n) is 10.3. The number of halogens is 1. The van der Waals surface area contributed by atoms with E-state index in [2.05, 4.69) is 21.2 Å². The van der Waals surface area contributed by atoms with Gasteiger partial charge in [0.25, 0.3) is 5.91 Å².